The van der Waals surface area contributed by atoms with Crippen LogP contribution in [0.2, 0.25) is 0 Å². The van der Waals surface area contributed by atoms with Crippen molar-refractivity contribution in [3.63, 3.8) is 0 Å². The molecule has 1 heterocycles. The molecule has 1 saturated heterocycles. The summed E-state index contributed by atoms with van der Waals surface area (Å²) in [5.74, 6) is 0. The largest absolute Gasteiger partial charge is 0.310 e. The summed E-state index contributed by atoms with van der Waals surface area (Å²) in [5, 5.41) is 14.4. The monoisotopic (exact) mass is 205 g/mol. The second-order valence-electron chi connectivity index (χ2n) is 2.83. The number of piperazine rings is 1. The Hall–Kier alpha value is -0.680. The van der Waals surface area contributed by atoms with Crippen molar-refractivity contribution in [3.05, 3.63) is 0 Å². The van der Waals surface area contributed by atoms with E-state index in [0.29, 0.717) is 13.1 Å². The molecule has 1 aliphatic heterocycles. The molecule has 0 saturated carbocycles. The molecule has 0 spiro atoms. The van der Waals surface area contributed by atoms with E-state index in [-0.39, 0.29) is 6.54 Å². The van der Waals surface area contributed by atoms with E-state index in [0.717, 1.165) is 6.26 Å². The summed E-state index contributed by atoms with van der Waals surface area (Å²) < 4.78 is 26.3. The summed E-state index contributed by atoms with van der Waals surface area (Å²) in [7, 11) is -3.62. The average Bonchev–Trinajstić information content (AvgIpc) is 2.03. The number of hydrogen-bond donors (Lipinski definition) is 2. The third-order valence-electron chi connectivity index (χ3n) is 1.56. The second-order valence-corrected chi connectivity index (χ2v) is 4.40. The van der Waals surface area contributed by atoms with Crippen molar-refractivity contribution in [2.75, 3.05) is 25.9 Å². The molecule has 1 aliphatic rings. The van der Waals surface area contributed by atoms with Crippen LogP contribution in [0.1, 0.15) is 0 Å². The van der Waals surface area contributed by atoms with E-state index in [2.05, 4.69) is 14.8 Å². The van der Waals surface area contributed by atoms with Crippen molar-refractivity contribution in [1.29, 1.82) is 5.26 Å². The summed E-state index contributed by atoms with van der Waals surface area (Å²) in [6.07, 6.45) is 0.919. The van der Waals surface area contributed by atoms with Gasteiger partial charge in [-0.25, -0.2) is 4.18 Å². The number of rotatable bonds is 2. The molecular weight excluding hydrogens is 194 g/mol. The molecule has 1 rings (SSSR count). The molecule has 1 unspecified atom stereocenters. The fourth-order valence-corrected chi connectivity index (χ4v) is 1.77. The first-order chi connectivity index (χ1) is 5.97. The Morgan fingerprint density at radius 1 is 1.54 bits per heavy atom. The van der Waals surface area contributed by atoms with Crippen LogP contribution in [-0.2, 0) is 14.3 Å². The van der Waals surface area contributed by atoms with Crippen LogP contribution in [0.25, 0.3) is 0 Å². The zero-order valence-electron chi connectivity index (χ0n) is 7.20. The number of nitrogens with zero attached hydrogens (tertiary/aromatic N) is 1. The van der Waals surface area contributed by atoms with Gasteiger partial charge in [-0.1, -0.05) is 0 Å². The molecule has 0 aromatic carbocycles. The Kier molecular flexibility index (Phi) is 2.87. The van der Waals surface area contributed by atoms with Crippen LogP contribution in [0.5, 0.6) is 0 Å². The first-order valence-electron chi connectivity index (χ1n) is 3.75. The molecule has 7 heteroatoms. The first-order valence-corrected chi connectivity index (χ1v) is 5.57. The Bertz CT molecular complexity index is 313. The molecule has 74 valence electrons. The summed E-state index contributed by atoms with van der Waals surface area (Å²) in [5.41, 5.74) is -1.44. The minimum atomic E-state index is -3.62. The maximum Gasteiger partial charge on any atom is 0.267 e. The van der Waals surface area contributed by atoms with Crippen LogP contribution in [0.4, 0.5) is 0 Å². The van der Waals surface area contributed by atoms with E-state index in [1.54, 1.807) is 6.07 Å². The third-order valence-corrected chi connectivity index (χ3v) is 2.15. The minimum Gasteiger partial charge on any atom is -0.310 e. The normalized spacial score (nSPS) is 29.5. The lowest BCUT2D eigenvalue weighted by molar-refractivity contribution is 0.0827. The van der Waals surface area contributed by atoms with Crippen molar-refractivity contribution < 1.29 is 12.6 Å². The fraction of sp³-hybridized carbons (Fsp3) is 0.833. The highest BCUT2D eigenvalue weighted by molar-refractivity contribution is 7.86. The van der Waals surface area contributed by atoms with Crippen molar-refractivity contribution in [3.8, 4) is 6.07 Å². The van der Waals surface area contributed by atoms with Gasteiger partial charge in [-0.3, -0.25) is 5.32 Å². The molecule has 0 aromatic rings. The van der Waals surface area contributed by atoms with Crippen LogP contribution >= 0.6 is 0 Å². The lowest BCUT2D eigenvalue weighted by Crippen LogP contribution is -2.60. The first kappa shape index (κ1) is 10.4. The van der Waals surface area contributed by atoms with E-state index in [1.807, 2.05) is 0 Å². The van der Waals surface area contributed by atoms with E-state index >= 15 is 0 Å². The molecule has 2 N–H and O–H groups in total. The van der Waals surface area contributed by atoms with Gasteiger partial charge in [0.15, 0.2) is 0 Å². The van der Waals surface area contributed by atoms with Gasteiger partial charge in [0.25, 0.3) is 10.1 Å². The standard InChI is InChI=1S/C6H11N3O3S/c1-13(10,11)12-6(4-7)5-8-2-3-9-6/h8-9H,2-3,5H2,1H3. The van der Waals surface area contributed by atoms with Crippen LogP contribution in [-0.4, -0.2) is 40.0 Å². The van der Waals surface area contributed by atoms with Gasteiger partial charge in [0, 0.05) is 13.1 Å². The van der Waals surface area contributed by atoms with Crippen LogP contribution in [0.15, 0.2) is 0 Å². The van der Waals surface area contributed by atoms with E-state index in [9.17, 15) is 8.42 Å². The van der Waals surface area contributed by atoms with E-state index in [4.69, 9.17) is 5.26 Å². The molecular formula is C6H11N3O3S. The minimum absolute atomic E-state index is 0.163. The highest BCUT2D eigenvalue weighted by Crippen LogP contribution is 2.10. The predicted octanol–water partition coefficient (Wildman–Crippen LogP) is -1.62. The SMILES string of the molecule is CS(=O)(=O)OC1(C#N)CNCCN1. The van der Waals surface area contributed by atoms with E-state index < -0.39 is 15.8 Å². The predicted molar refractivity (Wildman–Crippen MR) is 45.1 cm³/mol. The molecule has 1 atom stereocenters. The Morgan fingerprint density at radius 2 is 2.23 bits per heavy atom. The molecule has 0 aliphatic carbocycles. The number of hydrogen-bond acceptors (Lipinski definition) is 6. The van der Waals surface area contributed by atoms with Crippen molar-refractivity contribution >= 4 is 10.1 Å². The van der Waals surface area contributed by atoms with Gasteiger partial charge >= 0.3 is 0 Å². The van der Waals surface area contributed by atoms with Gasteiger partial charge in [-0.05, 0) is 0 Å². The Labute approximate surface area is 77.0 Å². The quantitative estimate of drug-likeness (QED) is 0.526. The lowest BCUT2D eigenvalue weighted by atomic mass is 10.2. The van der Waals surface area contributed by atoms with Crippen LogP contribution in [0, 0.1) is 11.3 Å². The fourth-order valence-electron chi connectivity index (χ4n) is 1.09. The zero-order valence-corrected chi connectivity index (χ0v) is 8.02. The maximum atomic E-state index is 10.8. The summed E-state index contributed by atoms with van der Waals surface area (Å²) in [4.78, 5) is 0. The lowest BCUT2D eigenvalue weighted by Gasteiger charge is -2.30. The summed E-state index contributed by atoms with van der Waals surface area (Å²) in [6.45, 7) is 1.36. The third kappa shape index (κ3) is 2.93. The highest BCUT2D eigenvalue weighted by atomic mass is 32.2. The van der Waals surface area contributed by atoms with Gasteiger partial charge in [0.1, 0.15) is 6.07 Å². The topological polar surface area (TPSA) is 91.2 Å². The van der Waals surface area contributed by atoms with Crippen molar-refractivity contribution in [2.24, 2.45) is 0 Å². The molecule has 0 aromatic heterocycles. The highest BCUT2D eigenvalue weighted by Gasteiger charge is 2.36. The van der Waals surface area contributed by atoms with Gasteiger partial charge < -0.3 is 5.32 Å². The molecule has 0 bridgehead atoms. The molecule has 6 nitrogen and oxygen atoms in total. The van der Waals surface area contributed by atoms with Gasteiger partial charge in [-0.15, -0.1) is 0 Å². The Balaban J connectivity index is 2.76. The van der Waals surface area contributed by atoms with Gasteiger partial charge in [-0.2, -0.15) is 13.7 Å². The van der Waals surface area contributed by atoms with Crippen LogP contribution in [0.3, 0.4) is 0 Å². The average molecular weight is 205 g/mol. The molecule has 1 fully saturated rings. The Morgan fingerprint density at radius 3 is 2.62 bits per heavy atom. The molecule has 0 radical (unpaired) electrons. The number of nitrogens with one attached hydrogen (secondary N) is 2. The second kappa shape index (κ2) is 3.59. The molecule has 0 amide bonds. The van der Waals surface area contributed by atoms with E-state index in [1.165, 1.54) is 0 Å². The zero-order chi connectivity index (χ0) is 9.95. The van der Waals surface area contributed by atoms with Crippen molar-refractivity contribution in [1.82, 2.24) is 10.6 Å². The van der Waals surface area contributed by atoms with Crippen molar-refractivity contribution in [2.45, 2.75) is 5.72 Å². The smallest absolute Gasteiger partial charge is 0.267 e. The summed E-state index contributed by atoms with van der Waals surface area (Å²) >= 11 is 0. The summed E-state index contributed by atoms with van der Waals surface area (Å²) in [6, 6.07) is 1.80. The molecule has 13 heavy (non-hydrogen) atoms. The van der Waals surface area contributed by atoms with Gasteiger partial charge in [0.05, 0.1) is 12.8 Å². The van der Waals surface area contributed by atoms with Crippen LogP contribution < -0.4 is 10.6 Å². The maximum absolute atomic E-state index is 10.8. The number of nitriles is 1. The van der Waals surface area contributed by atoms with Gasteiger partial charge in [0.2, 0.25) is 5.72 Å².